The van der Waals surface area contributed by atoms with Crippen LogP contribution in [-0.2, 0) is 4.79 Å². The third kappa shape index (κ3) is 5.35. The van der Waals surface area contributed by atoms with E-state index in [1.807, 2.05) is 84.6 Å². The molecular weight excluding hydrogens is 440 g/mol. The number of benzene rings is 3. The SMILES string of the molecule is CCOc1ccc(-c2ccc(N3CCN(C(=O)COc4ccc5ccccc5c4)CC3)nn2)cc1. The molecule has 0 unspecified atom stereocenters. The maximum Gasteiger partial charge on any atom is 0.260 e. The molecule has 7 nitrogen and oxygen atoms in total. The number of anilines is 1. The van der Waals surface area contributed by atoms with Gasteiger partial charge in [-0.3, -0.25) is 4.79 Å². The van der Waals surface area contributed by atoms with Crippen LogP contribution in [0, 0.1) is 0 Å². The molecule has 178 valence electrons. The number of rotatable bonds is 7. The quantitative estimate of drug-likeness (QED) is 0.400. The fourth-order valence-electron chi connectivity index (χ4n) is 4.21. The summed E-state index contributed by atoms with van der Waals surface area (Å²) in [5, 5.41) is 11.1. The molecule has 0 spiro atoms. The van der Waals surface area contributed by atoms with Gasteiger partial charge in [0, 0.05) is 31.7 Å². The minimum Gasteiger partial charge on any atom is -0.494 e. The van der Waals surface area contributed by atoms with Crippen molar-refractivity contribution in [1.29, 1.82) is 0 Å². The Balaban J connectivity index is 1.12. The zero-order valence-corrected chi connectivity index (χ0v) is 19.8. The van der Waals surface area contributed by atoms with Crippen molar-refractivity contribution in [2.75, 3.05) is 44.3 Å². The van der Waals surface area contributed by atoms with E-state index in [1.54, 1.807) is 0 Å². The monoisotopic (exact) mass is 468 g/mol. The van der Waals surface area contributed by atoms with Crippen LogP contribution in [0.15, 0.2) is 78.9 Å². The molecule has 5 rings (SSSR count). The first-order chi connectivity index (χ1) is 17.2. The average molecular weight is 469 g/mol. The molecule has 7 heteroatoms. The number of hydrogen-bond donors (Lipinski definition) is 0. The molecule has 1 aliphatic heterocycles. The van der Waals surface area contributed by atoms with E-state index in [2.05, 4.69) is 21.2 Å². The summed E-state index contributed by atoms with van der Waals surface area (Å²) >= 11 is 0. The van der Waals surface area contributed by atoms with E-state index in [0.717, 1.165) is 33.6 Å². The Labute approximate surface area is 204 Å². The number of amides is 1. The molecule has 35 heavy (non-hydrogen) atoms. The Morgan fingerprint density at radius 3 is 2.26 bits per heavy atom. The Kier molecular flexibility index (Phi) is 6.75. The number of piperazine rings is 1. The van der Waals surface area contributed by atoms with Crippen LogP contribution in [0.2, 0.25) is 0 Å². The van der Waals surface area contributed by atoms with Crippen molar-refractivity contribution >= 4 is 22.5 Å². The first kappa shape index (κ1) is 22.7. The lowest BCUT2D eigenvalue weighted by atomic mass is 10.1. The van der Waals surface area contributed by atoms with Gasteiger partial charge in [-0.15, -0.1) is 10.2 Å². The molecular formula is C28H28N4O3. The van der Waals surface area contributed by atoms with Crippen molar-refractivity contribution in [2.24, 2.45) is 0 Å². The van der Waals surface area contributed by atoms with Gasteiger partial charge in [0.1, 0.15) is 11.5 Å². The molecule has 1 amide bonds. The zero-order valence-electron chi connectivity index (χ0n) is 19.8. The molecule has 0 N–H and O–H groups in total. The fraction of sp³-hybridized carbons (Fsp3) is 0.250. The lowest BCUT2D eigenvalue weighted by Gasteiger charge is -2.35. The summed E-state index contributed by atoms with van der Waals surface area (Å²) in [4.78, 5) is 16.7. The molecule has 1 aliphatic rings. The number of carbonyl (C=O) groups is 1. The van der Waals surface area contributed by atoms with E-state index in [9.17, 15) is 4.79 Å². The predicted molar refractivity (Wildman–Crippen MR) is 137 cm³/mol. The van der Waals surface area contributed by atoms with Gasteiger partial charge >= 0.3 is 0 Å². The lowest BCUT2D eigenvalue weighted by Crippen LogP contribution is -2.50. The van der Waals surface area contributed by atoms with Crippen molar-refractivity contribution in [3.05, 3.63) is 78.9 Å². The van der Waals surface area contributed by atoms with Crippen molar-refractivity contribution < 1.29 is 14.3 Å². The fourth-order valence-corrected chi connectivity index (χ4v) is 4.21. The van der Waals surface area contributed by atoms with Crippen molar-refractivity contribution in [3.63, 3.8) is 0 Å². The van der Waals surface area contributed by atoms with Crippen LogP contribution in [0.1, 0.15) is 6.92 Å². The number of ether oxygens (including phenoxy) is 2. The van der Waals surface area contributed by atoms with E-state index >= 15 is 0 Å². The number of aromatic nitrogens is 2. The highest BCUT2D eigenvalue weighted by Gasteiger charge is 2.22. The van der Waals surface area contributed by atoms with Crippen LogP contribution in [0.4, 0.5) is 5.82 Å². The van der Waals surface area contributed by atoms with Gasteiger partial charge in [0.05, 0.1) is 12.3 Å². The van der Waals surface area contributed by atoms with Crippen molar-refractivity contribution in [2.45, 2.75) is 6.92 Å². The molecule has 0 bridgehead atoms. The summed E-state index contributed by atoms with van der Waals surface area (Å²) in [5.41, 5.74) is 1.81. The summed E-state index contributed by atoms with van der Waals surface area (Å²) in [5.74, 6) is 2.36. The summed E-state index contributed by atoms with van der Waals surface area (Å²) in [7, 11) is 0. The molecule has 0 radical (unpaired) electrons. The smallest absolute Gasteiger partial charge is 0.260 e. The Hall–Kier alpha value is -4.13. The van der Waals surface area contributed by atoms with Crippen LogP contribution in [0.25, 0.3) is 22.0 Å². The number of fused-ring (bicyclic) bond motifs is 1. The molecule has 0 atom stereocenters. The number of carbonyl (C=O) groups excluding carboxylic acids is 1. The van der Waals surface area contributed by atoms with Crippen LogP contribution in [0.3, 0.4) is 0 Å². The van der Waals surface area contributed by atoms with Gasteiger partial charge in [-0.2, -0.15) is 0 Å². The van der Waals surface area contributed by atoms with E-state index in [0.29, 0.717) is 38.5 Å². The second-order valence-corrected chi connectivity index (χ2v) is 8.40. The van der Waals surface area contributed by atoms with Crippen LogP contribution in [0.5, 0.6) is 11.5 Å². The minimum atomic E-state index is -0.00487. The minimum absolute atomic E-state index is 0.00487. The molecule has 0 aliphatic carbocycles. The van der Waals surface area contributed by atoms with Gasteiger partial charge in [0.25, 0.3) is 5.91 Å². The maximum atomic E-state index is 12.7. The Bertz CT molecular complexity index is 1280. The molecule has 4 aromatic rings. The van der Waals surface area contributed by atoms with Gasteiger partial charge in [0.15, 0.2) is 12.4 Å². The van der Waals surface area contributed by atoms with E-state index in [-0.39, 0.29) is 12.5 Å². The zero-order chi connectivity index (χ0) is 24.0. The summed E-state index contributed by atoms with van der Waals surface area (Å²) < 4.78 is 11.3. The first-order valence-electron chi connectivity index (χ1n) is 11.9. The molecule has 1 fully saturated rings. The highest BCUT2D eigenvalue weighted by Crippen LogP contribution is 2.23. The normalized spacial score (nSPS) is 13.6. The summed E-state index contributed by atoms with van der Waals surface area (Å²) in [6, 6.07) is 25.8. The molecule has 0 saturated carbocycles. The van der Waals surface area contributed by atoms with E-state index < -0.39 is 0 Å². The third-order valence-electron chi connectivity index (χ3n) is 6.15. The average Bonchev–Trinajstić information content (AvgIpc) is 2.92. The summed E-state index contributed by atoms with van der Waals surface area (Å²) in [6.45, 7) is 5.31. The third-order valence-corrected chi connectivity index (χ3v) is 6.15. The Morgan fingerprint density at radius 1 is 0.800 bits per heavy atom. The highest BCUT2D eigenvalue weighted by molar-refractivity contribution is 5.84. The standard InChI is InChI=1S/C28H28N4O3/c1-2-34-24-10-8-22(9-11-24)26-13-14-27(30-29-26)31-15-17-32(18-16-31)28(33)20-35-25-12-7-21-5-3-4-6-23(21)19-25/h3-14,19H,2,15-18,20H2,1H3. The van der Waals surface area contributed by atoms with Crippen molar-refractivity contribution in [1.82, 2.24) is 15.1 Å². The molecule has 1 saturated heterocycles. The van der Waals surface area contributed by atoms with Gasteiger partial charge in [-0.1, -0.05) is 30.3 Å². The molecule has 3 aromatic carbocycles. The van der Waals surface area contributed by atoms with Gasteiger partial charge in [-0.05, 0) is 66.2 Å². The van der Waals surface area contributed by atoms with Gasteiger partial charge in [0.2, 0.25) is 0 Å². The molecule has 2 heterocycles. The summed E-state index contributed by atoms with van der Waals surface area (Å²) in [6.07, 6.45) is 0. The lowest BCUT2D eigenvalue weighted by molar-refractivity contribution is -0.133. The number of hydrogen-bond acceptors (Lipinski definition) is 6. The Morgan fingerprint density at radius 2 is 1.54 bits per heavy atom. The van der Waals surface area contributed by atoms with Crippen LogP contribution >= 0.6 is 0 Å². The van der Waals surface area contributed by atoms with Gasteiger partial charge < -0.3 is 19.3 Å². The number of nitrogens with zero attached hydrogens (tertiary/aromatic N) is 4. The van der Waals surface area contributed by atoms with E-state index in [4.69, 9.17) is 9.47 Å². The predicted octanol–water partition coefficient (Wildman–Crippen LogP) is 4.42. The second kappa shape index (κ2) is 10.4. The highest BCUT2D eigenvalue weighted by atomic mass is 16.5. The second-order valence-electron chi connectivity index (χ2n) is 8.40. The largest absolute Gasteiger partial charge is 0.494 e. The van der Waals surface area contributed by atoms with Gasteiger partial charge in [-0.25, -0.2) is 0 Å². The first-order valence-corrected chi connectivity index (χ1v) is 11.9. The maximum absolute atomic E-state index is 12.7. The van der Waals surface area contributed by atoms with Crippen LogP contribution in [-0.4, -0.2) is 60.4 Å². The van der Waals surface area contributed by atoms with E-state index in [1.165, 1.54) is 0 Å². The molecule has 1 aromatic heterocycles. The topological polar surface area (TPSA) is 67.8 Å². The van der Waals surface area contributed by atoms with Crippen molar-refractivity contribution in [3.8, 4) is 22.8 Å². The van der Waals surface area contributed by atoms with Crippen LogP contribution < -0.4 is 14.4 Å².